The molecule has 0 saturated carbocycles. The second-order valence-electron chi connectivity index (χ2n) is 8.66. The van der Waals surface area contributed by atoms with E-state index in [1.165, 1.54) is 16.7 Å². The molecule has 0 fully saturated rings. The van der Waals surface area contributed by atoms with Crippen LogP contribution in [0, 0.1) is 0 Å². The van der Waals surface area contributed by atoms with Crippen molar-refractivity contribution < 1.29 is 4.79 Å². The Morgan fingerprint density at radius 3 is 1.87 bits per heavy atom. The van der Waals surface area contributed by atoms with Crippen LogP contribution >= 0.6 is 0 Å². The summed E-state index contributed by atoms with van der Waals surface area (Å²) in [6.07, 6.45) is 4.34. The lowest BCUT2D eigenvalue weighted by Gasteiger charge is -2.18. The fraction of sp³-hybridized carbons (Fsp3) is 0.250. The standard InChI is InChI=1S/C28H31NO/c1-28(2,3)25-17-14-22(15-18-25)16-19-27(30)29-21-20-26(23-10-6-4-7-11-23)24-12-8-5-9-13-24/h4-19,26H,20-21H2,1-3H3,(H,29,30)/b19-16+. The summed E-state index contributed by atoms with van der Waals surface area (Å²) in [4.78, 5) is 12.3. The van der Waals surface area contributed by atoms with Gasteiger partial charge in [0.15, 0.2) is 0 Å². The molecule has 2 heteroatoms. The van der Waals surface area contributed by atoms with Crippen molar-refractivity contribution in [3.05, 3.63) is 113 Å². The average molecular weight is 398 g/mol. The van der Waals surface area contributed by atoms with Gasteiger partial charge in [-0.3, -0.25) is 4.79 Å². The molecule has 0 unspecified atom stereocenters. The van der Waals surface area contributed by atoms with Crippen LogP contribution < -0.4 is 5.32 Å². The van der Waals surface area contributed by atoms with E-state index in [4.69, 9.17) is 0 Å². The summed E-state index contributed by atoms with van der Waals surface area (Å²) in [5, 5.41) is 3.03. The van der Waals surface area contributed by atoms with Gasteiger partial charge in [-0.15, -0.1) is 0 Å². The highest BCUT2D eigenvalue weighted by molar-refractivity contribution is 5.91. The zero-order valence-corrected chi connectivity index (χ0v) is 18.1. The molecule has 30 heavy (non-hydrogen) atoms. The van der Waals surface area contributed by atoms with Crippen molar-refractivity contribution in [1.29, 1.82) is 0 Å². The van der Waals surface area contributed by atoms with Gasteiger partial charge in [0.1, 0.15) is 0 Å². The molecule has 1 N–H and O–H groups in total. The fourth-order valence-electron chi connectivity index (χ4n) is 3.56. The monoisotopic (exact) mass is 397 g/mol. The number of carbonyl (C=O) groups excluding carboxylic acids is 1. The Bertz CT molecular complexity index is 912. The first-order valence-corrected chi connectivity index (χ1v) is 10.6. The van der Waals surface area contributed by atoms with E-state index in [0.717, 1.165) is 12.0 Å². The van der Waals surface area contributed by atoms with Gasteiger partial charge >= 0.3 is 0 Å². The molecule has 0 aliphatic carbocycles. The van der Waals surface area contributed by atoms with Gasteiger partial charge in [-0.05, 0) is 40.2 Å². The molecule has 0 bridgehead atoms. The highest BCUT2D eigenvalue weighted by atomic mass is 16.1. The van der Waals surface area contributed by atoms with Gasteiger partial charge < -0.3 is 5.32 Å². The maximum Gasteiger partial charge on any atom is 0.243 e. The number of carbonyl (C=O) groups is 1. The largest absolute Gasteiger partial charge is 0.353 e. The molecule has 3 aromatic carbocycles. The number of amides is 1. The third-order valence-electron chi connectivity index (χ3n) is 5.34. The van der Waals surface area contributed by atoms with Crippen LogP contribution in [0.3, 0.4) is 0 Å². The third-order valence-corrected chi connectivity index (χ3v) is 5.34. The second-order valence-corrected chi connectivity index (χ2v) is 8.66. The van der Waals surface area contributed by atoms with Crippen LogP contribution in [0.2, 0.25) is 0 Å². The van der Waals surface area contributed by atoms with Gasteiger partial charge in [-0.1, -0.05) is 106 Å². The molecule has 3 aromatic rings. The molecular formula is C28H31NO. The number of benzene rings is 3. The van der Waals surface area contributed by atoms with Crippen molar-refractivity contribution in [2.75, 3.05) is 6.54 Å². The van der Waals surface area contributed by atoms with Crippen LogP contribution in [0.25, 0.3) is 6.08 Å². The topological polar surface area (TPSA) is 29.1 Å². The Kier molecular flexibility index (Phi) is 7.24. The van der Waals surface area contributed by atoms with Crippen molar-refractivity contribution in [3.63, 3.8) is 0 Å². The van der Waals surface area contributed by atoms with Crippen molar-refractivity contribution in [1.82, 2.24) is 5.32 Å². The van der Waals surface area contributed by atoms with Crippen LogP contribution in [0.5, 0.6) is 0 Å². The normalized spacial score (nSPS) is 11.7. The quantitative estimate of drug-likeness (QED) is 0.463. The second kappa shape index (κ2) is 10.1. The van der Waals surface area contributed by atoms with E-state index >= 15 is 0 Å². The lowest BCUT2D eigenvalue weighted by Crippen LogP contribution is -2.23. The molecule has 154 valence electrons. The minimum absolute atomic E-state index is 0.0604. The molecule has 3 rings (SSSR count). The first kappa shape index (κ1) is 21.6. The van der Waals surface area contributed by atoms with E-state index in [1.807, 2.05) is 18.2 Å². The molecule has 0 aliphatic heterocycles. The third kappa shape index (κ3) is 6.18. The predicted molar refractivity (Wildman–Crippen MR) is 127 cm³/mol. The molecule has 0 heterocycles. The molecule has 0 aliphatic rings. The number of hydrogen-bond donors (Lipinski definition) is 1. The van der Waals surface area contributed by atoms with E-state index in [-0.39, 0.29) is 17.2 Å². The van der Waals surface area contributed by atoms with Crippen molar-refractivity contribution in [2.24, 2.45) is 0 Å². The van der Waals surface area contributed by atoms with Crippen LogP contribution in [-0.4, -0.2) is 12.5 Å². The van der Waals surface area contributed by atoms with E-state index < -0.39 is 0 Å². The number of hydrogen-bond acceptors (Lipinski definition) is 1. The Morgan fingerprint density at radius 1 is 0.833 bits per heavy atom. The Morgan fingerprint density at radius 2 is 1.37 bits per heavy atom. The molecule has 0 atom stereocenters. The summed E-state index contributed by atoms with van der Waals surface area (Å²) in [6.45, 7) is 7.22. The minimum atomic E-state index is -0.0604. The maximum absolute atomic E-state index is 12.3. The summed E-state index contributed by atoms with van der Waals surface area (Å²) < 4.78 is 0. The van der Waals surface area contributed by atoms with Gasteiger partial charge in [0.25, 0.3) is 0 Å². The van der Waals surface area contributed by atoms with Crippen molar-refractivity contribution in [3.8, 4) is 0 Å². The molecule has 2 nitrogen and oxygen atoms in total. The summed E-state index contributed by atoms with van der Waals surface area (Å²) in [6, 6.07) is 29.3. The van der Waals surface area contributed by atoms with Gasteiger partial charge in [0.2, 0.25) is 5.91 Å². The number of rotatable bonds is 7. The fourth-order valence-corrected chi connectivity index (χ4v) is 3.56. The molecule has 0 saturated heterocycles. The van der Waals surface area contributed by atoms with Crippen LogP contribution in [-0.2, 0) is 10.2 Å². The highest BCUT2D eigenvalue weighted by Gasteiger charge is 2.14. The van der Waals surface area contributed by atoms with E-state index in [2.05, 4.69) is 98.9 Å². The SMILES string of the molecule is CC(C)(C)c1ccc(/C=C/C(=O)NCCC(c2ccccc2)c2ccccc2)cc1. The Hall–Kier alpha value is -3.13. The summed E-state index contributed by atoms with van der Waals surface area (Å²) in [5.41, 5.74) is 5.00. The van der Waals surface area contributed by atoms with Gasteiger partial charge in [0.05, 0.1) is 0 Å². The molecule has 0 radical (unpaired) electrons. The Labute approximate surface area is 180 Å². The smallest absolute Gasteiger partial charge is 0.243 e. The van der Waals surface area contributed by atoms with Gasteiger partial charge in [-0.25, -0.2) is 0 Å². The summed E-state index contributed by atoms with van der Waals surface area (Å²) in [5.74, 6) is 0.205. The minimum Gasteiger partial charge on any atom is -0.353 e. The van der Waals surface area contributed by atoms with Crippen molar-refractivity contribution in [2.45, 2.75) is 38.5 Å². The zero-order chi connectivity index (χ0) is 21.4. The maximum atomic E-state index is 12.3. The Balaban J connectivity index is 1.57. The van der Waals surface area contributed by atoms with Crippen LogP contribution in [0.15, 0.2) is 91.0 Å². The van der Waals surface area contributed by atoms with Gasteiger partial charge in [0, 0.05) is 18.5 Å². The molecule has 0 aromatic heterocycles. The first-order valence-electron chi connectivity index (χ1n) is 10.6. The highest BCUT2D eigenvalue weighted by Crippen LogP contribution is 2.27. The van der Waals surface area contributed by atoms with Gasteiger partial charge in [-0.2, -0.15) is 0 Å². The van der Waals surface area contributed by atoms with E-state index in [1.54, 1.807) is 6.08 Å². The van der Waals surface area contributed by atoms with Crippen LogP contribution in [0.4, 0.5) is 0 Å². The zero-order valence-electron chi connectivity index (χ0n) is 18.1. The summed E-state index contributed by atoms with van der Waals surface area (Å²) in [7, 11) is 0. The van der Waals surface area contributed by atoms with E-state index in [9.17, 15) is 4.79 Å². The molecule has 1 amide bonds. The lowest BCUT2D eigenvalue weighted by molar-refractivity contribution is -0.116. The van der Waals surface area contributed by atoms with E-state index in [0.29, 0.717) is 6.54 Å². The predicted octanol–water partition coefficient (Wildman–Crippen LogP) is 6.34. The average Bonchev–Trinajstić information content (AvgIpc) is 2.76. The number of nitrogens with one attached hydrogen (secondary N) is 1. The molecule has 0 spiro atoms. The summed E-state index contributed by atoms with van der Waals surface area (Å²) >= 11 is 0. The first-order chi connectivity index (χ1) is 14.4. The van der Waals surface area contributed by atoms with Crippen molar-refractivity contribution >= 4 is 12.0 Å². The van der Waals surface area contributed by atoms with Crippen LogP contribution in [0.1, 0.15) is 55.4 Å². The lowest BCUT2D eigenvalue weighted by atomic mass is 9.87. The molecular weight excluding hydrogens is 366 g/mol.